The Bertz CT molecular complexity index is 868. The van der Waals surface area contributed by atoms with Gasteiger partial charge in [0.25, 0.3) is 0 Å². The number of pyridine rings is 1. The van der Waals surface area contributed by atoms with Gasteiger partial charge in [0.2, 0.25) is 10.0 Å². The van der Waals surface area contributed by atoms with Crippen LogP contribution in [0.15, 0.2) is 53.7 Å². The zero-order chi connectivity index (χ0) is 18.4. The topological polar surface area (TPSA) is 101 Å². The molecule has 1 aliphatic rings. The minimum atomic E-state index is -3.40. The lowest BCUT2D eigenvalue weighted by Crippen LogP contribution is -2.35. The third-order valence-corrected chi connectivity index (χ3v) is 5.97. The van der Waals surface area contributed by atoms with Crippen LogP contribution in [0.25, 0.3) is 0 Å². The normalized spacial score (nSPS) is 14.3. The molecule has 0 atom stereocenters. The van der Waals surface area contributed by atoms with Crippen molar-refractivity contribution in [1.29, 1.82) is 0 Å². The predicted octanol–water partition coefficient (Wildman–Crippen LogP) is 0.921. The second-order valence-corrected chi connectivity index (χ2v) is 8.04. The first kappa shape index (κ1) is 18.2. The number of sulfonamides is 1. The second-order valence-electron chi connectivity index (χ2n) is 6.03. The summed E-state index contributed by atoms with van der Waals surface area (Å²) in [6.07, 6.45) is 3.21. The van der Waals surface area contributed by atoms with Crippen LogP contribution in [0.2, 0.25) is 0 Å². The molecule has 0 unspecified atom stereocenters. The number of nitrogens with zero attached hydrogens (tertiary/aromatic N) is 3. The van der Waals surface area contributed by atoms with Crippen LogP contribution in [0, 0.1) is 0 Å². The first-order valence-corrected chi connectivity index (χ1v) is 10.2. The molecule has 138 valence electrons. The van der Waals surface area contributed by atoms with Gasteiger partial charge in [-0.3, -0.25) is 14.3 Å². The lowest BCUT2D eigenvalue weighted by molar-refractivity contribution is 0.592. The Labute approximate surface area is 154 Å². The third-order valence-electron chi connectivity index (χ3n) is 4.23. The number of aromatic nitrogens is 1. The van der Waals surface area contributed by atoms with Crippen molar-refractivity contribution < 1.29 is 8.42 Å². The summed E-state index contributed by atoms with van der Waals surface area (Å²) in [7, 11) is -3.40. The van der Waals surface area contributed by atoms with Crippen LogP contribution >= 0.6 is 0 Å². The fraction of sp³-hybridized carbons (Fsp3) is 0.333. The number of aliphatic imine (C=N–C) groups is 1. The van der Waals surface area contributed by atoms with Gasteiger partial charge in [-0.05, 0) is 30.2 Å². The van der Waals surface area contributed by atoms with Crippen LogP contribution in [-0.2, 0) is 22.9 Å². The molecular formula is C18H23N5O2S. The number of guanidine groups is 1. The van der Waals surface area contributed by atoms with Gasteiger partial charge in [0.05, 0.1) is 18.0 Å². The molecule has 7 nitrogen and oxygen atoms in total. The maximum Gasteiger partial charge on any atom is 0.237 e. The number of nitrogens with one attached hydrogen (secondary N) is 1. The Morgan fingerprint density at radius 3 is 2.85 bits per heavy atom. The van der Waals surface area contributed by atoms with E-state index in [2.05, 4.69) is 15.3 Å². The molecule has 0 saturated heterocycles. The summed E-state index contributed by atoms with van der Waals surface area (Å²) in [5.74, 6) is 0.183. The van der Waals surface area contributed by atoms with Gasteiger partial charge >= 0.3 is 0 Å². The molecule has 1 aromatic carbocycles. The summed E-state index contributed by atoms with van der Waals surface area (Å²) in [6, 6.07) is 13.3. The zero-order valence-corrected chi connectivity index (χ0v) is 15.3. The van der Waals surface area contributed by atoms with Gasteiger partial charge in [0.15, 0.2) is 5.96 Å². The molecule has 0 spiro atoms. The maximum atomic E-state index is 12.6. The molecule has 0 amide bonds. The highest BCUT2D eigenvalue weighted by Gasteiger charge is 2.28. The van der Waals surface area contributed by atoms with E-state index < -0.39 is 10.0 Å². The van der Waals surface area contributed by atoms with Crippen molar-refractivity contribution in [2.24, 2.45) is 10.7 Å². The number of hydrogen-bond donors (Lipinski definition) is 2. The molecule has 0 saturated carbocycles. The monoisotopic (exact) mass is 373 g/mol. The lowest BCUT2D eigenvalue weighted by atomic mass is 10.2. The molecule has 3 N–H and O–H groups in total. The molecule has 0 aliphatic carbocycles. The SMILES string of the molecule is NC(=NCCS(=O)(=O)N1CCc2ccccc21)NCCc1ccccn1. The minimum Gasteiger partial charge on any atom is -0.370 e. The van der Waals surface area contributed by atoms with Gasteiger partial charge < -0.3 is 11.1 Å². The second kappa shape index (κ2) is 8.18. The molecule has 1 aromatic heterocycles. The number of rotatable bonds is 7. The van der Waals surface area contributed by atoms with E-state index in [1.165, 1.54) is 4.31 Å². The van der Waals surface area contributed by atoms with E-state index in [9.17, 15) is 8.42 Å². The summed E-state index contributed by atoms with van der Waals surface area (Å²) in [4.78, 5) is 8.35. The molecule has 2 aromatic rings. The Balaban J connectivity index is 1.48. The highest BCUT2D eigenvalue weighted by molar-refractivity contribution is 7.92. The molecule has 26 heavy (non-hydrogen) atoms. The quantitative estimate of drug-likeness (QED) is 0.555. The van der Waals surface area contributed by atoms with Crippen LogP contribution in [0.1, 0.15) is 11.3 Å². The lowest BCUT2D eigenvalue weighted by Gasteiger charge is -2.18. The van der Waals surface area contributed by atoms with Gasteiger partial charge in [-0.15, -0.1) is 0 Å². The van der Waals surface area contributed by atoms with Gasteiger partial charge in [-0.25, -0.2) is 8.42 Å². The largest absolute Gasteiger partial charge is 0.370 e. The van der Waals surface area contributed by atoms with E-state index in [-0.39, 0.29) is 18.3 Å². The molecular weight excluding hydrogens is 350 g/mol. The molecule has 0 fully saturated rings. The summed E-state index contributed by atoms with van der Waals surface area (Å²) >= 11 is 0. The standard InChI is InChI=1S/C18H23N5O2S/c19-18(21-11-8-16-6-3-4-10-20-16)22-12-14-26(24,25)23-13-9-15-5-1-2-7-17(15)23/h1-7,10H,8-9,11-14H2,(H3,19,21,22). The van der Waals surface area contributed by atoms with Crippen LogP contribution in [0.3, 0.4) is 0 Å². The van der Waals surface area contributed by atoms with Crippen LogP contribution < -0.4 is 15.4 Å². The first-order valence-electron chi connectivity index (χ1n) is 8.58. The van der Waals surface area contributed by atoms with Crippen LogP contribution in [0.4, 0.5) is 5.69 Å². The van der Waals surface area contributed by atoms with Gasteiger partial charge in [-0.2, -0.15) is 0 Å². The van der Waals surface area contributed by atoms with Crippen molar-refractivity contribution in [2.75, 3.05) is 29.7 Å². The Morgan fingerprint density at radius 1 is 1.23 bits per heavy atom. The van der Waals surface area contributed by atoms with Crippen molar-refractivity contribution in [2.45, 2.75) is 12.8 Å². The smallest absolute Gasteiger partial charge is 0.237 e. The Morgan fingerprint density at radius 2 is 2.04 bits per heavy atom. The number of nitrogens with two attached hydrogens (primary N) is 1. The van der Waals surface area contributed by atoms with Crippen molar-refractivity contribution in [3.63, 3.8) is 0 Å². The maximum absolute atomic E-state index is 12.6. The van der Waals surface area contributed by atoms with Crippen LogP contribution in [-0.4, -0.2) is 44.7 Å². The highest BCUT2D eigenvalue weighted by Crippen LogP contribution is 2.29. The van der Waals surface area contributed by atoms with Gasteiger partial charge in [-0.1, -0.05) is 24.3 Å². The van der Waals surface area contributed by atoms with Crippen molar-refractivity contribution in [3.05, 3.63) is 59.9 Å². The summed E-state index contributed by atoms with van der Waals surface area (Å²) < 4.78 is 26.6. The fourth-order valence-corrected chi connectivity index (χ4v) is 4.30. The molecule has 0 radical (unpaired) electrons. The van der Waals surface area contributed by atoms with E-state index >= 15 is 0 Å². The van der Waals surface area contributed by atoms with Crippen molar-refractivity contribution in [1.82, 2.24) is 10.3 Å². The van der Waals surface area contributed by atoms with Crippen molar-refractivity contribution >= 4 is 21.7 Å². The van der Waals surface area contributed by atoms with E-state index in [1.807, 2.05) is 42.5 Å². The summed E-state index contributed by atoms with van der Waals surface area (Å²) in [5.41, 5.74) is 8.61. The summed E-state index contributed by atoms with van der Waals surface area (Å²) in [5, 5.41) is 2.98. The molecule has 3 rings (SSSR count). The van der Waals surface area contributed by atoms with E-state index in [0.717, 1.165) is 29.8 Å². The Hall–Kier alpha value is -2.61. The molecule has 1 aliphatic heterocycles. The first-order chi connectivity index (χ1) is 12.6. The van der Waals surface area contributed by atoms with E-state index in [1.54, 1.807) is 6.20 Å². The van der Waals surface area contributed by atoms with E-state index in [0.29, 0.717) is 13.1 Å². The number of para-hydroxylation sites is 1. The molecule has 0 bridgehead atoms. The number of anilines is 1. The van der Waals surface area contributed by atoms with Crippen molar-refractivity contribution in [3.8, 4) is 0 Å². The average molecular weight is 373 g/mol. The highest BCUT2D eigenvalue weighted by atomic mass is 32.2. The molecule has 8 heteroatoms. The minimum absolute atomic E-state index is 0.0655. The number of fused-ring (bicyclic) bond motifs is 1. The third kappa shape index (κ3) is 4.51. The van der Waals surface area contributed by atoms with Gasteiger partial charge in [0.1, 0.15) is 0 Å². The average Bonchev–Trinajstić information content (AvgIpc) is 3.07. The number of hydrogen-bond acceptors (Lipinski definition) is 4. The molecule has 2 heterocycles. The van der Waals surface area contributed by atoms with Gasteiger partial charge in [0, 0.05) is 31.4 Å². The van der Waals surface area contributed by atoms with E-state index in [4.69, 9.17) is 5.73 Å². The fourth-order valence-electron chi connectivity index (χ4n) is 2.91. The predicted molar refractivity (Wildman–Crippen MR) is 104 cm³/mol. The van der Waals surface area contributed by atoms with Crippen LogP contribution in [0.5, 0.6) is 0 Å². The Kier molecular flexibility index (Phi) is 5.72. The summed E-state index contributed by atoms with van der Waals surface area (Å²) in [6.45, 7) is 1.21. The zero-order valence-electron chi connectivity index (χ0n) is 14.5. The number of benzene rings is 1.